The predicted octanol–water partition coefficient (Wildman–Crippen LogP) is 4.91. The van der Waals surface area contributed by atoms with Gasteiger partial charge in [-0.25, -0.2) is 9.97 Å². The first-order valence-corrected chi connectivity index (χ1v) is 14.3. The number of aryl methyl sites for hydroxylation is 1. The number of likely N-dealkylation sites (N-methyl/N-ethyl adjacent to an activating group) is 1. The van der Waals surface area contributed by atoms with E-state index in [1.807, 2.05) is 32.0 Å². The molecule has 2 fully saturated rings. The Balaban J connectivity index is 1.39. The molecule has 2 saturated heterocycles. The van der Waals surface area contributed by atoms with Crippen LogP contribution in [0.5, 0.6) is 5.75 Å². The first kappa shape index (κ1) is 27.2. The van der Waals surface area contributed by atoms with Gasteiger partial charge in [0.1, 0.15) is 17.4 Å². The first-order valence-electron chi connectivity index (χ1n) is 14.3. The number of rotatable bonds is 7. The maximum absolute atomic E-state index is 9.50. The molecule has 5 rings (SSSR count). The summed E-state index contributed by atoms with van der Waals surface area (Å²) in [6, 6.07) is 13.1. The topological polar surface area (TPSA) is 80.5 Å². The number of aromatic nitrogens is 2. The van der Waals surface area contributed by atoms with Crippen LogP contribution in [0.3, 0.4) is 0 Å². The molecular weight excluding hydrogens is 486 g/mol. The van der Waals surface area contributed by atoms with Crippen LogP contribution in [0.15, 0.2) is 30.3 Å². The number of nitriles is 1. The van der Waals surface area contributed by atoms with Gasteiger partial charge in [0.2, 0.25) is 0 Å². The molecule has 8 nitrogen and oxygen atoms in total. The van der Waals surface area contributed by atoms with Crippen LogP contribution in [-0.4, -0.2) is 78.7 Å². The zero-order valence-corrected chi connectivity index (χ0v) is 24.0. The third kappa shape index (κ3) is 5.66. The number of methoxy groups -OCH3 is 1. The van der Waals surface area contributed by atoms with Crippen molar-refractivity contribution in [3.63, 3.8) is 0 Å². The lowest BCUT2D eigenvalue weighted by Gasteiger charge is -2.43. The summed E-state index contributed by atoms with van der Waals surface area (Å²) in [7, 11) is 1.74. The van der Waals surface area contributed by atoms with E-state index in [-0.39, 0.29) is 6.04 Å². The quantitative estimate of drug-likeness (QED) is 0.465. The molecule has 206 valence electrons. The Labute approximate surface area is 232 Å². The van der Waals surface area contributed by atoms with Crippen LogP contribution >= 0.6 is 0 Å². The van der Waals surface area contributed by atoms with Crippen molar-refractivity contribution in [1.82, 2.24) is 19.8 Å². The van der Waals surface area contributed by atoms with Crippen molar-refractivity contribution in [2.45, 2.75) is 52.6 Å². The summed E-state index contributed by atoms with van der Waals surface area (Å²) in [5.41, 5.74) is 4.76. The fraction of sp³-hybridized carbons (Fsp3) is 0.516. The van der Waals surface area contributed by atoms with E-state index in [4.69, 9.17) is 14.7 Å². The average molecular weight is 528 g/mol. The number of nitrogens with one attached hydrogen (secondary N) is 1. The second kappa shape index (κ2) is 11.8. The molecule has 8 heteroatoms. The second-order valence-electron chi connectivity index (χ2n) is 10.8. The lowest BCUT2D eigenvalue weighted by Crippen LogP contribution is -2.53. The molecule has 2 aromatic carbocycles. The first-order chi connectivity index (χ1) is 18.9. The maximum Gasteiger partial charge on any atom is 0.144 e. The van der Waals surface area contributed by atoms with Gasteiger partial charge in [0, 0.05) is 56.8 Å². The number of nitrogens with zero attached hydrogens (tertiary/aromatic N) is 6. The number of piperidine rings is 1. The highest BCUT2D eigenvalue weighted by Crippen LogP contribution is 2.37. The van der Waals surface area contributed by atoms with Gasteiger partial charge in [0.25, 0.3) is 0 Å². The Morgan fingerprint density at radius 2 is 1.82 bits per heavy atom. The highest BCUT2D eigenvalue weighted by atomic mass is 16.5. The molecule has 0 radical (unpaired) electrons. The van der Waals surface area contributed by atoms with Gasteiger partial charge >= 0.3 is 0 Å². The van der Waals surface area contributed by atoms with E-state index in [1.165, 1.54) is 26.2 Å². The Bertz CT molecular complexity index is 1350. The van der Waals surface area contributed by atoms with Crippen LogP contribution in [0, 0.1) is 25.2 Å². The van der Waals surface area contributed by atoms with E-state index in [1.54, 1.807) is 7.11 Å². The molecule has 3 aromatic rings. The Hall–Kier alpha value is -3.41. The van der Waals surface area contributed by atoms with Crippen LogP contribution in [0.1, 0.15) is 55.2 Å². The highest BCUT2D eigenvalue weighted by molar-refractivity contribution is 5.94. The van der Waals surface area contributed by atoms with Gasteiger partial charge in [-0.05, 0) is 63.4 Å². The monoisotopic (exact) mass is 527 g/mol. The van der Waals surface area contributed by atoms with Crippen LogP contribution in [0.2, 0.25) is 0 Å². The van der Waals surface area contributed by atoms with Crippen LogP contribution in [-0.2, 0) is 0 Å². The van der Waals surface area contributed by atoms with Crippen LogP contribution in [0.25, 0.3) is 10.9 Å². The summed E-state index contributed by atoms with van der Waals surface area (Å²) in [5, 5.41) is 14.1. The van der Waals surface area contributed by atoms with Crippen molar-refractivity contribution in [2.75, 3.05) is 63.1 Å². The van der Waals surface area contributed by atoms with Gasteiger partial charge in [-0.2, -0.15) is 5.26 Å². The van der Waals surface area contributed by atoms with E-state index in [0.29, 0.717) is 17.4 Å². The molecule has 0 aliphatic carbocycles. The molecular formula is C31H41N7O. The average Bonchev–Trinajstić information content (AvgIpc) is 2.96. The number of anilines is 2. The van der Waals surface area contributed by atoms with E-state index >= 15 is 0 Å². The molecule has 39 heavy (non-hydrogen) atoms. The van der Waals surface area contributed by atoms with E-state index in [2.05, 4.69) is 52.1 Å². The fourth-order valence-corrected chi connectivity index (χ4v) is 6.23. The molecule has 1 aromatic heterocycles. The normalized spacial score (nSPS) is 18.2. The number of hydrogen-bond donors (Lipinski definition) is 1. The van der Waals surface area contributed by atoms with Crippen molar-refractivity contribution in [1.29, 1.82) is 5.26 Å². The summed E-state index contributed by atoms with van der Waals surface area (Å²) >= 11 is 0. The summed E-state index contributed by atoms with van der Waals surface area (Å²) < 4.78 is 5.88. The van der Waals surface area contributed by atoms with Crippen molar-refractivity contribution in [2.24, 2.45) is 0 Å². The van der Waals surface area contributed by atoms with Gasteiger partial charge in [0.15, 0.2) is 0 Å². The number of piperazine rings is 1. The minimum Gasteiger partial charge on any atom is -0.495 e. The van der Waals surface area contributed by atoms with Crippen molar-refractivity contribution in [3.05, 3.63) is 52.8 Å². The lowest BCUT2D eigenvalue weighted by atomic mass is 9.98. The lowest BCUT2D eigenvalue weighted by molar-refractivity contribution is 0.0878. The molecule has 0 spiro atoms. The maximum atomic E-state index is 9.50. The summed E-state index contributed by atoms with van der Waals surface area (Å²) in [6.07, 6.45) is 2.32. The molecule has 0 unspecified atom stereocenters. The third-order valence-corrected chi connectivity index (χ3v) is 8.60. The molecule has 0 amide bonds. The smallest absolute Gasteiger partial charge is 0.144 e. The number of benzene rings is 2. The standard InChI is InChI=1S/C31H41N7O/c1-6-36-14-16-37(17-15-36)25-10-12-38(13-11-25)29-18-27-28(19-30(29)39-5)34-23(4)35-31(27)33-22(3)26-9-7-8-24(20-32)21(26)2/h7-9,18-19,22,25H,6,10-17H2,1-5H3,(H,33,34,35)/t22-/m1/s1. The summed E-state index contributed by atoms with van der Waals surface area (Å²) in [4.78, 5) is 17.3. The zero-order chi connectivity index (χ0) is 27.5. The molecule has 2 aliphatic heterocycles. The van der Waals surface area contributed by atoms with Crippen LogP contribution < -0.4 is 15.0 Å². The summed E-state index contributed by atoms with van der Waals surface area (Å²) in [6.45, 7) is 16.2. The molecule has 1 atom stereocenters. The Kier molecular flexibility index (Phi) is 8.20. The second-order valence-corrected chi connectivity index (χ2v) is 10.8. The number of hydrogen-bond acceptors (Lipinski definition) is 8. The number of ether oxygens (including phenoxy) is 1. The fourth-order valence-electron chi connectivity index (χ4n) is 6.23. The van der Waals surface area contributed by atoms with Gasteiger partial charge in [-0.3, -0.25) is 4.90 Å². The minimum atomic E-state index is -0.0229. The molecule has 3 heterocycles. The van der Waals surface area contributed by atoms with E-state index in [0.717, 1.165) is 71.8 Å². The molecule has 1 N–H and O–H groups in total. The van der Waals surface area contributed by atoms with E-state index in [9.17, 15) is 5.26 Å². The van der Waals surface area contributed by atoms with Crippen molar-refractivity contribution in [3.8, 4) is 11.8 Å². The molecule has 0 saturated carbocycles. The SMILES string of the molecule is CCN1CCN(C2CCN(c3cc4c(N[C@H](C)c5cccc(C#N)c5C)nc(C)nc4cc3OC)CC2)CC1. The van der Waals surface area contributed by atoms with Gasteiger partial charge < -0.3 is 19.9 Å². The Morgan fingerprint density at radius 1 is 1.08 bits per heavy atom. The van der Waals surface area contributed by atoms with E-state index < -0.39 is 0 Å². The largest absolute Gasteiger partial charge is 0.495 e. The predicted molar refractivity (Wildman–Crippen MR) is 158 cm³/mol. The number of fused-ring (bicyclic) bond motifs is 1. The zero-order valence-electron chi connectivity index (χ0n) is 24.0. The van der Waals surface area contributed by atoms with Crippen LogP contribution in [0.4, 0.5) is 11.5 Å². The van der Waals surface area contributed by atoms with Crippen molar-refractivity contribution < 1.29 is 4.74 Å². The Morgan fingerprint density at radius 3 is 2.49 bits per heavy atom. The highest BCUT2D eigenvalue weighted by Gasteiger charge is 2.28. The minimum absolute atomic E-state index is 0.0229. The van der Waals surface area contributed by atoms with Gasteiger partial charge in [-0.1, -0.05) is 19.1 Å². The van der Waals surface area contributed by atoms with Gasteiger partial charge in [-0.15, -0.1) is 0 Å². The molecule has 2 aliphatic rings. The third-order valence-electron chi connectivity index (χ3n) is 8.60. The van der Waals surface area contributed by atoms with Gasteiger partial charge in [0.05, 0.1) is 36.0 Å². The van der Waals surface area contributed by atoms with Crippen molar-refractivity contribution >= 4 is 22.4 Å². The molecule has 0 bridgehead atoms. The summed E-state index contributed by atoms with van der Waals surface area (Å²) in [5.74, 6) is 2.37.